The van der Waals surface area contributed by atoms with E-state index in [4.69, 9.17) is 9.47 Å². The fraction of sp³-hybridized carbons (Fsp3) is 0.286. The zero-order valence-corrected chi connectivity index (χ0v) is 14.9. The molecule has 6 nitrogen and oxygen atoms in total. The second-order valence-electron chi connectivity index (χ2n) is 6.20. The molecule has 1 heterocycles. The molecule has 142 valence electrons. The lowest BCUT2D eigenvalue weighted by Gasteiger charge is -2.29. The molecule has 0 spiro atoms. The maximum Gasteiger partial charge on any atom is 0.144 e. The van der Waals surface area contributed by atoms with Crippen LogP contribution in [0.15, 0.2) is 73.1 Å². The van der Waals surface area contributed by atoms with Crippen molar-refractivity contribution in [2.24, 2.45) is 0 Å². The van der Waals surface area contributed by atoms with Gasteiger partial charge in [-0.2, -0.15) is 0 Å². The molecule has 3 N–H and O–H groups in total. The van der Waals surface area contributed by atoms with Crippen LogP contribution in [0.3, 0.4) is 0 Å². The first-order valence-corrected chi connectivity index (χ1v) is 8.87. The number of aliphatic hydroxyl groups is 2. The fourth-order valence-electron chi connectivity index (χ4n) is 2.79. The number of nitrogens with one attached hydrogen (secondary N) is 1. The molecular weight excluding hydrogens is 344 g/mol. The Morgan fingerprint density at radius 1 is 0.889 bits per heavy atom. The van der Waals surface area contributed by atoms with Crippen LogP contribution in [-0.4, -0.2) is 39.0 Å². The van der Waals surface area contributed by atoms with Gasteiger partial charge in [-0.25, -0.2) is 4.98 Å². The summed E-state index contributed by atoms with van der Waals surface area (Å²) in [5, 5.41) is 19.9. The predicted molar refractivity (Wildman–Crippen MR) is 101 cm³/mol. The lowest BCUT2D eigenvalue weighted by molar-refractivity contribution is -0.145. The number of aromatic nitrogens is 2. The molecule has 2 aromatic carbocycles. The smallest absolute Gasteiger partial charge is 0.144 e. The van der Waals surface area contributed by atoms with Gasteiger partial charge in [0.05, 0.1) is 19.8 Å². The summed E-state index contributed by atoms with van der Waals surface area (Å²) in [5.74, 6) is 0.538. The van der Waals surface area contributed by atoms with Crippen LogP contribution in [0, 0.1) is 0 Å². The van der Waals surface area contributed by atoms with Crippen molar-refractivity contribution in [3.63, 3.8) is 0 Å². The zero-order chi connectivity index (χ0) is 18.9. The summed E-state index contributed by atoms with van der Waals surface area (Å²) >= 11 is 0. The topological polar surface area (TPSA) is 87.6 Å². The first-order valence-electron chi connectivity index (χ1n) is 8.87. The summed E-state index contributed by atoms with van der Waals surface area (Å²) in [4.78, 5) is 7.29. The lowest BCUT2D eigenvalue weighted by atomic mass is 10.1. The Morgan fingerprint density at radius 2 is 1.48 bits per heavy atom. The number of hydrogen-bond donors (Lipinski definition) is 3. The van der Waals surface area contributed by atoms with Crippen LogP contribution in [0.4, 0.5) is 0 Å². The molecule has 0 amide bonds. The third-order valence-corrected chi connectivity index (χ3v) is 4.21. The van der Waals surface area contributed by atoms with Gasteiger partial charge in [0, 0.05) is 12.4 Å². The highest BCUT2D eigenvalue weighted by atomic mass is 16.5. The maximum absolute atomic E-state index is 10.4. The Kier molecular flexibility index (Phi) is 7.12. The summed E-state index contributed by atoms with van der Waals surface area (Å²) in [6.07, 6.45) is 0.748. The number of ether oxygens (including phenoxy) is 2. The van der Waals surface area contributed by atoms with E-state index in [1.165, 1.54) is 0 Å². The Hall–Kier alpha value is -2.51. The number of nitrogens with zero attached hydrogens (tertiary/aromatic N) is 1. The van der Waals surface area contributed by atoms with Crippen molar-refractivity contribution >= 4 is 0 Å². The van der Waals surface area contributed by atoms with Crippen LogP contribution in [0.1, 0.15) is 23.1 Å². The maximum atomic E-state index is 10.4. The molecular formula is C21H24N2O4. The second-order valence-corrected chi connectivity index (χ2v) is 6.20. The van der Waals surface area contributed by atoms with Crippen molar-refractivity contribution < 1.29 is 19.7 Å². The molecule has 27 heavy (non-hydrogen) atoms. The minimum Gasteiger partial charge on any atom is -0.394 e. The van der Waals surface area contributed by atoms with Gasteiger partial charge in [0.25, 0.3) is 0 Å². The first kappa shape index (κ1) is 19.3. The monoisotopic (exact) mass is 368 g/mol. The molecule has 1 aromatic heterocycles. The number of hydrogen-bond acceptors (Lipinski definition) is 5. The van der Waals surface area contributed by atoms with Gasteiger partial charge in [-0.1, -0.05) is 60.7 Å². The first-order chi connectivity index (χ1) is 13.3. The van der Waals surface area contributed by atoms with E-state index in [2.05, 4.69) is 9.97 Å². The molecule has 0 aliphatic rings. The molecule has 0 aliphatic carbocycles. The Morgan fingerprint density at radius 3 is 2.00 bits per heavy atom. The van der Waals surface area contributed by atoms with Crippen molar-refractivity contribution in [1.29, 1.82) is 0 Å². The fourth-order valence-corrected chi connectivity index (χ4v) is 2.79. The summed E-state index contributed by atoms with van der Waals surface area (Å²) in [5.41, 5.74) is 1.96. The Balaban J connectivity index is 1.76. The van der Waals surface area contributed by atoms with Gasteiger partial charge in [-0.3, -0.25) is 0 Å². The van der Waals surface area contributed by atoms with Crippen LogP contribution >= 0.6 is 0 Å². The molecule has 0 radical (unpaired) electrons. The van der Waals surface area contributed by atoms with Crippen molar-refractivity contribution in [2.75, 3.05) is 6.61 Å². The third-order valence-electron chi connectivity index (χ3n) is 4.21. The van der Waals surface area contributed by atoms with Crippen molar-refractivity contribution in [3.8, 4) is 0 Å². The van der Waals surface area contributed by atoms with E-state index in [9.17, 15) is 10.2 Å². The Bertz CT molecular complexity index is 765. The van der Waals surface area contributed by atoms with Crippen LogP contribution in [0.2, 0.25) is 0 Å². The van der Waals surface area contributed by atoms with Crippen LogP contribution in [-0.2, 0) is 22.7 Å². The minimum atomic E-state index is -1.11. The van der Waals surface area contributed by atoms with Crippen molar-refractivity contribution in [3.05, 3.63) is 90.0 Å². The summed E-state index contributed by atoms with van der Waals surface area (Å²) < 4.78 is 12.0. The molecule has 0 bridgehead atoms. The van der Waals surface area contributed by atoms with E-state index in [-0.39, 0.29) is 6.61 Å². The zero-order valence-electron chi connectivity index (χ0n) is 14.9. The number of aliphatic hydroxyl groups excluding tert-OH is 2. The van der Waals surface area contributed by atoms with Gasteiger partial charge in [0.15, 0.2) is 0 Å². The van der Waals surface area contributed by atoms with E-state index in [1.54, 1.807) is 12.4 Å². The van der Waals surface area contributed by atoms with Gasteiger partial charge in [-0.15, -0.1) is 0 Å². The number of benzene rings is 2. The van der Waals surface area contributed by atoms with E-state index < -0.39 is 24.9 Å². The molecule has 0 unspecified atom stereocenters. The van der Waals surface area contributed by atoms with Gasteiger partial charge in [0.2, 0.25) is 0 Å². The summed E-state index contributed by atoms with van der Waals surface area (Å²) in [7, 11) is 0. The summed E-state index contributed by atoms with van der Waals surface area (Å²) in [6, 6.07) is 19.4. The third kappa shape index (κ3) is 5.48. The molecule has 0 fully saturated rings. The second kappa shape index (κ2) is 9.99. The van der Waals surface area contributed by atoms with Gasteiger partial charge < -0.3 is 24.7 Å². The average Bonchev–Trinajstić information content (AvgIpc) is 3.26. The molecule has 3 aromatic rings. The van der Waals surface area contributed by atoms with E-state index in [1.807, 2.05) is 60.7 Å². The van der Waals surface area contributed by atoms with Crippen molar-refractivity contribution in [2.45, 2.75) is 31.5 Å². The van der Waals surface area contributed by atoms with Crippen LogP contribution in [0.25, 0.3) is 0 Å². The van der Waals surface area contributed by atoms with Crippen molar-refractivity contribution in [1.82, 2.24) is 9.97 Å². The standard InChI is InChI=1S/C21H24N2O4/c24-13-18(25)19(26-14-16-7-3-1-4-8-16)20(21-22-11-12-23-21)27-15-17-9-5-2-6-10-17/h1-12,18-20,24-25H,13-15H2,(H,22,23)/t18-,19+,20-/m0/s1. The predicted octanol–water partition coefficient (Wildman–Crippen LogP) is 2.61. The molecule has 0 saturated carbocycles. The summed E-state index contributed by atoms with van der Waals surface area (Å²) in [6.45, 7) is 0.176. The molecule has 3 atom stereocenters. The van der Waals surface area contributed by atoms with E-state index >= 15 is 0 Å². The molecule has 6 heteroatoms. The van der Waals surface area contributed by atoms with Crippen LogP contribution < -0.4 is 0 Å². The van der Waals surface area contributed by atoms with E-state index in [0.717, 1.165) is 11.1 Å². The quantitative estimate of drug-likeness (QED) is 0.512. The number of aromatic amines is 1. The minimum absolute atomic E-state index is 0.286. The highest BCUT2D eigenvalue weighted by Gasteiger charge is 2.33. The normalized spacial score (nSPS) is 14.6. The largest absolute Gasteiger partial charge is 0.394 e. The van der Waals surface area contributed by atoms with E-state index in [0.29, 0.717) is 12.4 Å². The Labute approximate surface area is 158 Å². The molecule has 0 saturated heterocycles. The number of imidazole rings is 1. The van der Waals surface area contributed by atoms with Gasteiger partial charge in [0.1, 0.15) is 24.1 Å². The highest BCUT2D eigenvalue weighted by molar-refractivity contribution is 5.14. The van der Waals surface area contributed by atoms with Gasteiger partial charge in [-0.05, 0) is 11.1 Å². The lowest BCUT2D eigenvalue weighted by Crippen LogP contribution is -2.39. The SMILES string of the molecule is OC[C@H](O)[C@@H](OCc1ccccc1)[C@H](OCc1ccccc1)c1ncc[nH]1. The molecule has 0 aliphatic heterocycles. The highest BCUT2D eigenvalue weighted by Crippen LogP contribution is 2.26. The van der Waals surface area contributed by atoms with Gasteiger partial charge >= 0.3 is 0 Å². The average molecular weight is 368 g/mol. The molecule has 3 rings (SSSR count). The van der Waals surface area contributed by atoms with Crippen LogP contribution in [0.5, 0.6) is 0 Å². The number of H-pyrrole nitrogens is 1. The number of rotatable bonds is 10.